The quantitative estimate of drug-likeness (QED) is 0.784. The summed E-state index contributed by atoms with van der Waals surface area (Å²) >= 11 is 5.93. The molecule has 0 aromatic heterocycles. The van der Waals surface area contributed by atoms with Gasteiger partial charge in [-0.05, 0) is 36.5 Å². The zero-order valence-corrected chi connectivity index (χ0v) is 18.2. The van der Waals surface area contributed by atoms with Crippen LogP contribution in [-0.2, 0) is 14.8 Å². The van der Waals surface area contributed by atoms with E-state index >= 15 is 0 Å². The normalized spacial score (nSPS) is 27.5. The molecule has 1 saturated carbocycles. The van der Waals surface area contributed by atoms with E-state index in [1.165, 1.54) is 16.8 Å². The molecule has 3 atom stereocenters. The fourth-order valence-electron chi connectivity index (χ4n) is 4.15. The number of sulfonamides is 1. The van der Waals surface area contributed by atoms with Gasteiger partial charge in [0, 0.05) is 37.2 Å². The Morgan fingerprint density at radius 2 is 1.89 bits per heavy atom. The zero-order valence-electron chi connectivity index (χ0n) is 16.6. The number of piperazine rings is 1. The largest absolute Gasteiger partial charge is 0.352 e. The Morgan fingerprint density at radius 1 is 1.18 bits per heavy atom. The number of hydrogen-bond acceptors (Lipinski definition) is 4. The molecule has 1 amide bonds. The summed E-state index contributed by atoms with van der Waals surface area (Å²) in [6.07, 6.45) is 3.44. The molecule has 1 aliphatic carbocycles. The lowest BCUT2D eigenvalue weighted by atomic mass is 9.78. The Kier molecular flexibility index (Phi) is 7.02. The van der Waals surface area contributed by atoms with E-state index in [-0.39, 0.29) is 16.8 Å². The number of halogens is 1. The maximum absolute atomic E-state index is 12.8. The standard InChI is InChI=1S/C20H30ClN3O3S/c1-15-5-3-8-19(16(15)2)22-20(25)14-23-9-11-24(12-10-23)28(26,27)18-7-4-6-17(21)13-18/h4,6-7,13,15-16,19H,3,5,8-12,14H2,1-2H3,(H,22,25)/t15-,16+,19+/m1/s1. The summed E-state index contributed by atoms with van der Waals surface area (Å²) < 4.78 is 27.0. The second kappa shape index (κ2) is 9.11. The third-order valence-electron chi connectivity index (χ3n) is 6.19. The average Bonchev–Trinajstić information content (AvgIpc) is 2.66. The van der Waals surface area contributed by atoms with Gasteiger partial charge in [0.2, 0.25) is 15.9 Å². The first-order valence-corrected chi connectivity index (χ1v) is 11.9. The minimum Gasteiger partial charge on any atom is -0.352 e. The topological polar surface area (TPSA) is 69.7 Å². The summed E-state index contributed by atoms with van der Waals surface area (Å²) in [4.78, 5) is 14.7. The van der Waals surface area contributed by atoms with Crippen molar-refractivity contribution >= 4 is 27.5 Å². The van der Waals surface area contributed by atoms with Gasteiger partial charge in [0.05, 0.1) is 11.4 Å². The fourth-order valence-corrected chi connectivity index (χ4v) is 5.87. The molecule has 8 heteroatoms. The number of hydrogen-bond donors (Lipinski definition) is 1. The van der Waals surface area contributed by atoms with E-state index in [4.69, 9.17) is 11.6 Å². The van der Waals surface area contributed by atoms with E-state index in [9.17, 15) is 13.2 Å². The maximum Gasteiger partial charge on any atom is 0.243 e. The van der Waals surface area contributed by atoms with Crippen LogP contribution < -0.4 is 5.32 Å². The van der Waals surface area contributed by atoms with Crippen LogP contribution in [0, 0.1) is 11.8 Å². The molecule has 2 fully saturated rings. The Balaban J connectivity index is 1.50. The minimum absolute atomic E-state index is 0.0390. The highest BCUT2D eigenvalue weighted by Gasteiger charge is 2.31. The van der Waals surface area contributed by atoms with E-state index < -0.39 is 10.0 Å². The molecule has 1 saturated heterocycles. The van der Waals surface area contributed by atoms with Crippen LogP contribution in [0.1, 0.15) is 33.1 Å². The van der Waals surface area contributed by atoms with Crippen molar-refractivity contribution in [3.05, 3.63) is 29.3 Å². The molecule has 1 heterocycles. The van der Waals surface area contributed by atoms with Gasteiger partial charge < -0.3 is 5.32 Å². The molecule has 1 aromatic carbocycles. The highest BCUT2D eigenvalue weighted by atomic mass is 35.5. The van der Waals surface area contributed by atoms with Gasteiger partial charge >= 0.3 is 0 Å². The molecule has 28 heavy (non-hydrogen) atoms. The second-order valence-corrected chi connectivity index (χ2v) is 10.5. The molecule has 0 unspecified atom stereocenters. The van der Waals surface area contributed by atoms with Gasteiger partial charge in [-0.2, -0.15) is 4.31 Å². The Hall–Kier alpha value is -1.15. The first kappa shape index (κ1) is 21.6. The van der Waals surface area contributed by atoms with Crippen molar-refractivity contribution in [2.24, 2.45) is 11.8 Å². The third kappa shape index (κ3) is 5.06. The van der Waals surface area contributed by atoms with Crippen molar-refractivity contribution in [1.82, 2.24) is 14.5 Å². The van der Waals surface area contributed by atoms with Gasteiger partial charge in [-0.25, -0.2) is 8.42 Å². The van der Waals surface area contributed by atoms with Crippen LogP contribution in [-0.4, -0.2) is 62.3 Å². The molecule has 1 aromatic rings. The smallest absolute Gasteiger partial charge is 0.243 e. The molecule has 156 valence electrons. The van der Waals surface area contributed by atoms with E-state index in [2.05, 4.69) is 19.2 Å². The number of rotatable bonds is 5. The molecule has 0 spiro atoms. The van der Waals surface area contributed by atoms with Gasteiger partial charge in [-0.3, -0.25) is 9.69 Å². The number of nitrogens with zero attached hydrogens (tertiary/aromatic N) is 2. The summed E-state index contributed by atoms with van der Waals surface area (Å²) in [6, 6.07) is 6.59. The number of benzene rings is 1. The van der Waals surface area contributed by atoms with Crippen molar-refractivity contribution in [2.75, 3.05) is 32.7 Å². The maximum atomic E-state index is 12.8. The lowest BCUT2D eigenvalue weighted by Gasteiger charge is -2.36. The minimum atomic E-state index is -3.55. The number of carbonyl (C=O) groups is 1. The van der Waals surface area contributed by atoms with Crippen LogP contribution in [0.5, 0.6) is 0 Å². The average molecular weight is 428 g/mol. The Labute approximate surface area is 173 Å². The van der Waals surface area contributed by atoms with Gasteiger partial charge in [-0.15, -0.1) is 0 Å². The van der Waals surface area contributed by atoms with E-state index in [0.29, 0.717) is 49.6 Å². The molecule has 1 aliphatic heterocycles. The molecule has 2 aliphatic rings. The third-order valence-corrected chi connectivity index (χ3v) is 8.32. The van der Waals surface area contributed by atoms with Crippen molar-refractivity contribution in [3.63, 3.8) is 0 Å². The zero-order chi connectivity index (χ0) is 20.3. The number of nitrogens with one attached hydrogen (secondary N) is 1. The van der Waals surface area contributed by atoms with Crippen LogP contribution in [0.3, 0.4) is 0 Å². The highest BCUT2D eigenvalue weighted by molar-refractivity contribution is 7.89. The van der Waals surface area contributed by atoms with Gasteiger partial charge in [0.1, 0.15) is 0 Å². The molecular formula is C20H30ClN3O3S. The number of carbonyl (C=O) groups excluding carboxylic acids is 1. The van der Waals surface area contributed by atoms with Crippen molar-refractivity contribution < 1.29 is 13.2 Å². The molecule has 1 N–H and O–H groups in total. The van der Waals surface area contributed by atoms with Crippen LogP contribution in [0.25, 0.3) is 0 Å². The Bertz CT molecular complexity index is 794. The molecule has 6 nitrogen and oxygen atoms in total. The fraction of sp³-hybridized carbons (Fsp3) is 0.650. The van der Waals surface area contributed by atoms with Crippen molar-refractivity contribution in [2.45, 2.75) is 44.0 Å². The second-order valence-electron chi connectivity index (χ2n) is 8.08. The Morgan fingerprint density at radius 3 is 2.57 bits per heavy atom. The molecule has 0 radical (unpaired) electrons. The summed E-state index contributed by atoms with van der Waals surface area (Å²) in [5, 5.41) is 3.60. The molecule has 0 bridgehead atoms. The van der Waals surface area contributed by atoms with Crippen molar-refractivity contribution in [3.8, 4) is 0 Å². The first-order chi connectivity index (χ1) is 13.3. The lowest BCUT2D eigenvalue weighted by molar-refractivity contribution is -0.124. The van der Waals surface area contributed by atoms with Gasteiger partial charge in [0.25, 0.3) is 0 Å². The van der Waals surface area contributed by atoms with Crippen LogP contribution in [0.4, 0.5) is 0 Å². The van der Waals surface area contributed by atoms with E-state index in [1.807, 2.05) is 4.90 Å². The predicted octanol–water partition coefficient (Wildman–Crippen LogP) is 2.59. The molecular weight excluding hydrogens is 398 g/mol. The van der Waals surface area contributed by atoms with E-state index in [0.717, 1.165) is 12.8 Å². The highest BCUT2D eigenvalue weighted by Crippen LogP contribution is 2.29. The number of amides is 1. The van der Waals surface area contributed by atoms with Crippen LogP contribution in [0.15, 0.2) is 29.2 Å². The first-order valence-electron chi connectivity index (χ1n) is 10.0. The van der Waals surface area contributed by atoms with Crippen LogP contribution >= 0.6 is 11.6 Å². The molecule has 3 rings (SSSR count). The van der Waals surface area contributed by atoms with Crippen molar-refractivity contribution in [1.29, 1.82) is 0 Å². The van der Waals surface area contributed by atoms with Gasteiger partial charge in [-0.1, -0.05) is 44.4 Å². The monoisotopic (exact) mass is 427 g/mol. The van der Waals surface area contributed by atoms with Gasteiger partial charge in [0.15, 0.2) is 0 Å². The summed E-state index contributed by atoms with van der Waals surface area (Å²) in [6.45, 7) is 6.63. The summed E-state index contributed by atoms with van der Waals surface area (Å²) in [5.41, 5.74) is 0. The van der Waals surface area contributed by atoms with Crippen LogP contribution in [0.2, 0.25) is 5.02 Å². The SMILES string of the molecule is C[C@H]1[C@H](C)CCC[C@@H]1NC(=O)CN1CCN(S(=O)(=O)c2cccc(Cl)c2)CC1. The predicted molar refractivity (Wildman–Crippen MR) is 111 cm³/mol. The lowest BCUT2D eigenvalue weighted by Crippen LogP contribution is -2.52. The summed E-state index contributed by atoms with van der Waals surface area (Å²) in [5.74, 6) is 1.17. The van der Waals surface area contributed by atoms with E-state index in [1.54, 1.807) is 18.2 Å². The summed E-state index contributed by atoms with van der Waals surface area (Å²) in [7, 11) is -3.55.